The van der Waals surface area contributed by atoms with Gasteiger partial charge in [0.25, 0.3) is 0 Å². The lowest BCUT2D eigenvalue weighted by atomic mass is 10.1. The fourth-order valence-electron chi connectivity index (χ4n) is 2.04. The standard InChI is InChI=1S/C16H35NO.C2H6/c1-4-5-6-7-8-9-10-11-12-13-14-17-15-18-16(2)3;1-2/h16-17H,4-15H2,1-3H3;1-2H3. The van der Waals surface area contributed by atoms with Crippen LogP contribution in [-0.4, -0.2) is 19.4 Å². The van der Waals surface area contributed by atoms with Gasteiger partial charge in [0.1, 0.15) is 0 Å². The van der Waals surface area contributed by atoms with E-state index in [-0.39, 0.29) is 0 Å². The van der Waals surface area contributed by atoms with Crippen LogP contribution >= 0.6 is 0 Å². The van der Waals surface area contributed by atoms with Crippen molar-refractivity contribution in [1.29, 1.82) is 0 Å². The van der Waals surface area contributed by atoms with Crippen molar-refractivity contribution in [2.24, 2.45) is 0 Å². The molecule has 0 rings (SSSR count). The van der Waals surface area contributed by atoms with Crippen molar-refractivity contribution in [1.82, 2.24) is 5.32 Å². The van der Waals surface area contributed by atoms with Gasteiger partial charge in [-0.05, 0) is 26.8 Å². The lowest BCUT2D eigenvalue weighted by Gasteiger charge is -2.08. The zero-order valence-electron chi connectivity index (χ0n) is 15.0. The Labute approximate surface area is 129 Å². The van der Waals surface area contributed by atoms with Gasteiger partial charge in [0.15, 0.2) is 0 Å². The maximum absolute atomic E-state index is 5.42. The van der Waals surface area contributed by atoms with E-state index in [9.17, 15) is 0 Å². The van der Waals surface area contributed by atoms with Crippen molar-refractivity contribution in [3.8, 4) is 0 Å². The van der Waals surface area contributed by atoms with Crippen molar-refractivity contribution in [2.75, 3.05) is 13.3 Å². The predicted molar refractivity (Wildman–Crippen MR) is 92.3 cm³/mol. The summed E-state index contributed by atoms with van der Waals surface area (Å²) >= 11 is 0. The maximum atomic E-state index is 5.42. The number of hydrogen-bond acceptors (Lipinski definition) is 2. The highest BCUT2D eigenvalue weighted by Crippen LogP contribution is 2.10. The minimum Gasteiger partial charge on any atom is -0.364 e. The summed E-state index contributed by atoms with van der Waals surface area (Å²) in [7, 11) is 0. The second-order valence-electron chi connectivity index (χ2n) is 5.54. The van der Waals surface area contributed by atoms with Crippen LogP contribution in [0.1, 0.15) is 98.8 Å². The molecule has 0 aliphatic heterocycles. The average Bonchev–Trinajstić information content (AvgIpc) is 2.46. The van der Waals surface area contributed by atoms with Gasteiger partial charge in [0, 0.05) is 0 Å². The van der Waals surface area contributed by atoms with E-state index in [1.807, 2.05) is 13.8 Å². The van der Waals surface area contributed by atoms with E-state index in [4.69, 9.17) is 4.74 Å². The van der Waals surface area contributed by atoms with E-state index < -0.39 is 0 Å². The quantitative estimate of drug-likeness (QED) is 0.317. The molecular weight excluding hydrogens is 246 g/mol. The van der Waals surface area contributed by atoms with Gasteiger partial charge in [-0.3, -0.25) is 5.32 Å². The number of nitrogens with one attached hydrogen (secondary N) is 1. The Kier molecular flexibility index (Phi) is 23.6. The average molecular weight is 288 g/mol. The lowest BCUT2D eigenvalue weighted by Crippen LogP contribution is -2.21. The third-order valence-electron chi connectivity index (χ3n) is 3.23. The van der Waals surface area contributed by atoms with Gasteiger partial charge in [-0.25, -0.2) is 0 Å². The van der Waals surface area contributed by atoms with Gasteiger partial charge in [-0.15, -0.1) is 0 Å². The Balaban J connectivity index is 0. The molecular formula is C18H41NO. The zero-order valence-corrected chi connectivity index (χ0v) is 15.0. The molecule has 2 nitrogen and oxygen atoms in total. The maximum Gasteiger partial charge on any atom is 0.0968 e. The second-order valence-corrected chi connectivity index (χ2v) is 5.54. The minimum absolute atomic E-state index is 0.338. The van der Waals surface area contributed by atoms with Gasteiger partial charge in [0.05, 0.1) is 12.8 Å². The van der Waals surface area contributed by atoms with Crippen LogP contribution in [0.15, 0.2) is 0 Å². The SMILES string of the molecule is CC.CCCCCCCCCCCCNCOC(C)C. The molecule has 0 aliphatic carbocycles. The largest absolute Gasteiger partial charge is 0.364 e. The summed E-state index contributed by atoms with van der Waals surface area (Å²) in [5.41, 5.74) is 0. The van der Waals surface area contributed by atoms with Gasteiger partial charge >= 0.3 is 0 Å². The van der Waals surface area contributed by atoms with Crippen LogP contribution in [0.25, 0.3) is 0 Å². The molecule has 0 radical (unpaired) electrons. The highest BCUT2D eigenvalue weighted by Gasteiger charge is 1.94. The summed E-state index contributed by atoms with van der Waals surface area (Å²) in [6.07, 6.45) is 14.4. The monoisotopic (exact) mass is 287 g/mol. The molecule has 0 saturated carbocycles. The smallest absolute Gasteiger partial charge is 0.0968 e. The van der Waals surface area contributed by atoms with Crippen molar-refractivity contribution in [3.63, 3.8) is 0 Å². The molecule has 0 unspecified atom stereocenters. The number of ether oxygens (including phenoxy) is 1. The van der Waals surface area contributed by atoms with Gasteiger partial charge in [-0.2, -0.15) is 0 Å². The van der Waals surface area contributed by atoms with E-state index in [0.717, 1.165) is 6.54 Å². The molecule has 0 spiro atoms. The van der Waals surface area contributed by atoms with Crippen LogP contribution in [-0.2, 0) is 4.74 Å². The Bertz CT molecular complexity index is 148. The molecule has 0 amide bonds. The van der Waals surface area contributed by atoms with Crippen molar-refractivity contribution >= 4 is 0 Å². The molecule has 0 aromatic heterocycles. The first-order valence-corrected chi connectivity index (χ1v) is 9.09. The highest BCUT2D eigenvalue weighted by molar-refractivity contribution is 4.49. The van der Waals surface area contributed by atoms with E-state index in [2.05, 4.69) is 26.1 Å². The van der Waals surface area contributed by atoms with Crippen LogP contribution in [0, 0.1) is 0 Å². The van der Waals surface area contributed by atoms with Gasteiger partial charge < -0.3 is 4.74 Å². The predicted octanol–water partition coefficient (Wildman–Crippen LogP) is 5.91. The van der Waals surface area contributed by atoms with Gasteiger partial charge in [0.2, 0.25) is 0 Å². The van der Waals surface area contributed by atoms with E-state index in [1.54, 1.807) is 0 Å². The summed E-state index contributed by atoms with van der Waals surface area (Å²) < 4.78 is 5.42. The third kappa shape index (κ3) is 23.0. The minimum atomic E-state index is 0.338. The molecule has 1 N–H and O–H groups in total. The first-order chi connectivity index (χ1) is 9.77. The molecule has 0 aromatic carbocycles. The third-order valence-corrected chi connectivity index (χ3v) is 3.23. The van der Waals surface area contributed by atoms with Crippen molar-refractivity contribution in [3.05, 3.63) is 0 Å². The second kappa shape index (κ2) is 21.2. The van der Waals surface area contributed by atoms with E-state index in [1.165, 1.54) is 64.2 Å². The van der Waals surface area contributed by atoms with Crippen LogP contribution in [0.2, 0.25) is 0 Å². The molecule has 2 heteroatoms. The van der Waals surface area contributed by atoms with E-state index in [0.29, 0.717) is 12.8 Å². The topological polar surface area (TPSA) is 21.3 Å². The molecule has 0 fully saturated rings. The number of unbranched alkanes of at least 4 members (excludes halogenated alkanes) is 9. The molecule has 0 saturated heterocycles. The fourth-order valence-corrected chi connectivity index (χ4v) is 2.04. The normalized spacial score (nSPS) is 10.5. The summed E-state index contributed by atoms with van der Waals surface area (Å²) in [4.78, 5) is 0. The van der Waals surface area contributed by atoms with Crippen molar-refractivity contribution < 1.29 is 4.74 Å². The fraction of sp³-hybridized carbons (Fsp3) is 1.00. The van der Waals surface area contributed by atoms with Crippen LogP contribution in [0.3, 0.4) is 0 Å². The Morgan fingerprint density at radius 1 is 0.750 bits per heavy atom. The van der Waals surface area contributed by atoms with Crippen LogP contribution < -0.4 is 5.32 Å². The van der Waals surface area contributed by atoms with Crippen LogP contribution in [0.5, 0.6) is 0 Å². The Morgan fingerprint density at radius 2 is 1.20 bits per heavy atom. The molecule has 0 atom stereocenters. The molecule has 0 aromatic rings. The van der Waals surface area contributed by atoms with E-state index >= 15 is 0 Å². The van der Waals surface area contributed by atoms with Crippen molar-refractivity contribution in [2.45, 2.75) is 105 Å². The van der Waals surface area contributed by atoms with Crippen LogP contribution in [0.4, 0.5) is 0 Å². The molecule has 0 bridgehead atoms. The summed E-state index contributed by atoms with van der Waals surface area (Å²) in [5.74, 6) is 0. The van der Waals surface area contributed by atoms with Gasteiger partial charge in [-0.1, -0.05) is 78.6 Å². The first-order valence-electron chi connectivity index (χ1n) is 9.09. The summed E-state index contributed by atoms with van der Waals surface area (Å²) in [5, 5.41) is 3.32. The number of rotatable bonds is 14. The lowest BCUT2D eigenvalue weighted by molar-refractivity contribution is 0.0645. The zero-order chi connectivity index (χ0) is 15.5. The molecule has 0 heterocycles. The Hall–Kier alpha value is -0.0800. The highest BCUT2D eigenvalue weighted by atomic mass is 16.5. The Morgan fingerprint density at radius 3 is 1.65 bits per heavy atom. The summed E-state index contributed by atoms with van der Waals surface area (Å²) in [6.45, 7) is 12.2. The molecule has 0 aliphatic rings. The molecule has 124 valence electrons. The summed E-state index contributed by atoms with van der Waals surface area (Å²) in [6, 6.07) is 0. The first kappa shape index (κ1) is 22.2. The number of hydrogen-bond donors (Lipinski definition) is 1. The molecule has 20 heavy (non-hydrogen) atoms.